The van der Waals surface area contributed by atoms with Crippen molar-refractivity contribution in [3.05, 3.63) is 106 Å². The van der Waals surface area contributed by atoms with Gasteiger partial charge in [-0.3, -0.25) is 9.59 Å². The molecule has 4 aromatic rings. The first kappa shape index (κ1) is 24.6. The Kier molecular flexibility index (Phi) is 7.01. The van der Waals surface area contributed by atoms with Crippen LogP contribution >= 0.6 is 23.2 Å². The van der Waals surface area contributed by atoms with Gasteiger partial charge in [-0.1, -0.05) is 56.1 Å². The van der Waals surface area contributed by atoms with E-state index >= 15 is 0 Å². The average molecular weight is 507 g/mol. The van der Waals surface area contributed by atoms with Crippen molar-refractivity contribution in [2.75, 3.05) is 10.6 Å². The molecule has 1 heterocycles. The summed E-state index contributed by atoms with van der Waals surface area (Å²) in [6.45, 7) is 6.38. The van der Waals surface area contributed by atoms with Crippen LogP contribution in [0.5, 0.6) is 0 Å². The van der Waals surface area contributed by atoms with Crippen LogP contribution in [0.25, 0.3) is 11.3 Å². The van der Waals surface area contributed by atoms with Crippen LogP contribution in [0.15, 0.2) is 83.3 Å². The van der Waals surface area contributed by atoms with E-state index in [0.717, 1.165) is 5.56 Å². The van der Waals surface area contributed by atoms with Crippen LogP contribution in [0.4, 0.5) is 11.4 Å². The van der Waals surface area contributed by atoms with Crippen molar-refractivity contribution in [3.8, 4) is 11.3 Å². The third kappa shape index (κ3) is 5.94. The minimum absolute atomic E-state index is 0.0226. The highest BCUT2D eigenvalue weighted by molar-refractivity contribution is 6.35. The van der Waals surface area contributed by atoms with Gasteiger partial charge in [-0.2, -0.15) is 0 Å². The van der Waals surface area contributed by atoms with Gasteiger partial charge in [-0.15, -0.1) is 0 Å². The number of hydrogen-bond donors (Lipinski definition) is 2. The maximum atomic E-state index is 12.6. The van der Waals surface area contributed by atoms with E-state index in [2.05, 4.69) is 31.4 Å². The molecule has 0 atom stereocenters. The van der Waals surface area contributed by atoms with Gasteiger partial charge in [0.2, 0.25) is 0 Å². The highest BCUT2D eigenvalue weighted by Gasteiger charge is 2.16. The number of amides is 2. The van der Waals surface area contributed by atoms with Crippen molar-refractivity contribution in [2.24, 2.45) is 0 Å². The second-order valence-corrected chi connectivity index (χ2v) is 9.94. The molecule has 4 rings (SSSR count). The van der Waals surface area contributed by atoms with E-state index < -0.39 is 5.91 Å². The van der Waals surface area contributed by atoms with Crippen LogP contribution in [0.3, 0.4) is 0 Å². The molecule has 0 saturated carbocycles. The Morgan fingerprint density at radius 1 is 0.743 bits per heavy atom. The second kappa shape index (κ2) is 9.98. The van der Waals surface area contributed by atoms with Crippen LogP contribution in [0.1, 0.15) is 47.2 Å². The third-order valence-corrected chi connectivity index (χ3v) is 6.00. The summed E-state index contributed by atoms with van der Waals surface area (Å²) in [7, 11) is 0. The van der Waals surface area contributed by atoms with E-state index in [0.29, 0.717) is 38.3 Å². The number of furan rings is 1. The first-order chi connectivity index (χ1) is 16.6. The molecule has 7 heteroatoms. The van der Waals surface area contributed by atoms with Crippen molar-refractivity contribution in [2.45, 2.75) is 26.2 Å². The SMILES string of the molecule is CC(C)(C)c1ccc(C(=O)Nc2ccc(NC(=O)c3ccc(-c4cc(Cl)ccc4Cl)o3)cc2)cc1. The lowest BCUT2D eigenvalue weighted by Gasteiger charge is -2.19. The Labute approximate surface area is 214 Å². The third-order valence-electron chi connectivity index (χ3n) is 5.44. The number of rotatable bonds is 5. The van der Waals surface area contributed by atoms with Crippen molar-refractivity contribution < 1.29 is 14.0 Å². The molecule has 0 spiro atoms. The maximum Gasteiger partial charge on any atom is 0.291 e. The summed E-state index contributed by atoms with van der Waals surface area (Å²) < 4.78 is 5.68. The van der Waals surface area contributed by atoms with Crippen molar-refractivity contribution in [1.29, 1.82) is 0 Å². The molecule has 1 aromatic heterocycles. The van der Waals surface area contributed by atoms with Crippen LogP contribution in [0.2, 0.25) is 10.0 Å². The Bertz CT molecular complexity index is 1370. The summed E-state index contributed by atoms with van der Waals surface area (Å²) in [6.07, 6.45) is 0. The normalized spacial score (nSPS) is 11.2. The van der Waals surface area contributed by atoms with E-state index in [1.165, 1.54) is 0 Å². The topological polar surface area (TPSA) is 71.3 Å². The zero-order valence-electron chi connectivity index (χ0n) is 19.5. The van der Waals surface area contributed by atoms with Gasteiger partial charge in [0.25, 0.3) is 11.8 Å². The molecule has 5 nitrogen and oxygen atoms in total. The molecule has 0 fully saturated rings. The van der Waals surface area contributed by atoms with Crippen LogP contribution in [-0.4, -0.2) is 11.8 Å². The molecular weight excluding hydrogens is 483 g/mol. The Morgan fingerprint density at radius 3 is 1.94 bits per heavy atom. The molecule has 35 heavy (non-hydrogen) atoms. The minimum Gasteiger partial charge on any atom is -0.451 e. The molecule has 2 N–H and O–H groups in total. The number of carbonyl (C=O) groups excluding carboxylic acids is 2. The van der Waals surface area contributed by atoms with E-state index in [1.54, 1.807) is 54.6 Å². The van der Waals surface area contributed by atoms with Gasteiger partial charge < -0.3 is 15.1 Å². The maximum absolute atomic E-state index is 12.6. The van der Waals surface area contributed by atoms with Gasteiger partial charge in [0, 0.05) is 27.5 Å². The minimum atomic E-state index is -0.412. The monoisotopic (exact) mass is 506 g/mol. The molecule has 0 aliphatic rings. The summed E-state index contributed by atoms with van der Waals surface area (Å²) >= 11 is 12.3. The molecular formula is C28H24Cl2N2O3. The Hall–Kier alpha value is -3.54. The quantitative estimate of drug-likeness (QED) is 0.287. The predicted octanol–water partition coefficient (Wildman–Crippen LogP) is 8.06. The molecule has 0 aliphatic heterocycles. The van der Waals surface area contributed by atoms with Gasteiger partial charge in [0.15, 0.2) is 5.76 Å². The van der Waals surface area contributed by atoms with Gasteiger partial charge in [-0.25, -0.2) is 0 Å². The highest BCUT2D eigenvalue weighted by atomic mass is 35.5. The van der Waals surface area contributed by atoms with E-state index in [9.17, 15) is 9.59 Å². The first-order valence-corrected chi connectivity index (χ1v) is 11.7. The zero-order valence-corrected chi connectivity index (χ0v) is 21.0. The smallest absolute Gasteiger partial charge is 0.291 e. The fraction of sp³-hybridized carbons (Fsp3) is 0.143. The number of halogens is 2. The van der Waals surface area contributed by atoms with Crippen molar-refractivity contribution in [1.82, 2.24) is 0 Å². The number of carbonyl (C=O) groups is 2. The zero-order chi connectivity index (χ0) is 25.2. The molecule has 2 amide bonds. The van der Waals surface area contributed by atoms with Crippen LogP contribution < -0.4 is 10.6 Å². The number of benzene rings is 3. The summed E-state index contributed by atoms with van der Waals surface area (Å²) in [6, 6.07) is 22.7. The van der Waals surface area contributed by atoms with Gasteiger partial charge >= 0.3 is 0 Å². The van der Waals surface area contributed by atoms with Crippen molar-refractivity contribution in [3.63, 3.8) is 0 Å². The summed E-state index contributed by atoms with van der Waals surface area (Å²) in [5.74, 6) is -0.0430. The average Bonchev–Trinajstić information content (AvgIpc) is 3.32. The van der Waals surface area contributed by atoms with E-state index in [4.69, 9.17) is 27.6 Å². The standard InChI is InChI=1S/C28H24Cl2N2O3/c1-28(2,3)18-6-4-17(5-7-18)26(33)31-20-9-11-21(12-10-20)32-27(34)25-15-14-24(35-25)22-16-19(29)8-13-23(22)30/h4-16H,1-3H3,(H,31,33)(H,32,34). The summed E-state index contributed by atoms with van der Waals surface area (Å²) in [4.78, 5) is 25.2. The largest absolute Gasteiger partial charge is 0.451 e. The summed E-state index contributed by atoms with van der Waals surface area (Å²) in [5.41, 5.74) is 3.53. The lowest BCUT2D eigenvalue weighted by Crippen LogP contribution is -2.14. The fourth-order valence-corrected chi connectivity index (χ4v) is 3.83. The molecule has 3 aromatic carbocycles. The molecule has 0 saturated heterocycles. The fourth-order valence-electron chi connectivity index (χ4n) is 3.45. The Balaban J connectivity index is 1.39. The Morgan fingerprint density at radius 2 is 1.34 bits per heavy atom. The molecule has 0 unspecified atom stereocenters. The predicted molar refractivity (Wildman–Crippen MR) is 142 cm³/mol. The van der Waals surface area contributed by atoms with Gasteiger partial charge in [0.1, 0.15) is 5.76 Å². The lowest BCUT2D eigenvalue weighted by atomic mass is 9.87. The molecule has 0 bridgehead atoms. The molecule has 0 radical (unpaired) electrons. The number of hydrogen-bond acceptors (Lipinski definition) is 3. The molecule has 0 aliphatic carbocycles. The highest BCUT2D eigenvalue weighted by Crippen LogP contribution is 2.32. The van der Waals surface area contributed by atoms with Gasteiger partial charge in [0.05, 0.1) is 5.02 Å². The first-order valence-electron chi connectivity index (χ1n) is 11.0. The van der Waals surface area contributed by atoms with Crippen LogP contribution in [0, 0.1) is 0 Å². The lowest BCUT2D eigenvalue weighted by molar-refractivity contribution is 0.0995. The second-order valence-electron chi connectivity index (χ2n) is 9.10. The van der Waals surface area contributed by atoms with Gasteiger partial charge in [-0.05, 0) is 77.7 Å². The van der Waals surface area contributed by atoms with E-state index in [1.807, 2.05) is 24.3 Å². The number of nitrogens with one attached hydrogen (secondary N) is 2. The number of anilines is 2. The van der Waals surface area contributed by atoms with Crippen LogP contribution in [-0.2, 0) is 5.41 Å². The van der Waals surface area contributed by atoms with Crippen molar-refractivity contribution >= 4 is 46.4 Å². The molecule has 178 valence electrons. The van der Waals surface area contributed by atoms with E-state index in [-0.39, 0.29) is 17.1 Å². The summed E-state index contributed by atoms with van der Waals surface area (Å²) in [5, 5.41) is 6.63.